The lowest BCUT2D eigenvalue weighted by molar-refractivity contribution is -0.135. The van der Waals surface area contributed by atoms with Crippen LogP contribution in [-0.4, -0.2) is 35.0 Å². The Morgan fingerprint density at radius 2 is 1.93 bits per heavy atom. The molecule has 2 aromatic carbocycles. The number of rotatable bonds is 5. The van der Waals surface area contributed by atoms with Crippen LogP contribution in [-0.2, 0) is 11.2 Å². The highest BCUT2D eigenvalue weighted by Gasteiger charge is 2.35. The Morgan fingerprint density at radius 1 is 1.14 bits per heavy atom. The highest BCUT2D eigenvalue weighted by molar-refractivity contribution is 5.82. The van der Waals surface area contributed by atoms with Crippen molar-refractivity contribution in [1.82, 2.24) is 15.8 Å². The van der Waals surface area contributed by atoms with Crippen LogP contribution in [0, 0.1) is 12.8 Å². The van der Waals surface area contributed by atoms with E-state index in [1.54, 1.807) is 6.07 Å². The Balaban J connectivity index is 1.32. The molecule has 2 saturated heterocycles. The normalized spacial score (nSPS) is 24.6. The number of carbonyl (C=O) groups excluding carboxylic acids is 1. The second-order valence-corrected chi connectivity index (χ2v) is 8.45. The summed E-state index contributed by atoms with van der Waals surface area (Å²) in [7, 11) is 0. The zero-order valence-corrected chi connectivity index (χ0v) is 17.1. The second kappa shape index (κ2) is 8.97. The van der Waals surface area contributed by atoms with E-state index in [1.165, 1.54) is 17.5 Å². The number of hydrazine groups is 1. The minimum absolute atomic E-state index is 0.0493. The van der Waals surface area contributed by atoms with Crippen LogP contribution < -0.4 is 10.9 Å². The summed E-state index contributed by atoms with van der Waals surface area (Å²) < 4.78 is 0. The van der Waals surface area contributed by atoms with Gasteiger partial charge in [-0.1, -0.05) is 42.5 Å². The lowest BCUT2D eigenvalue weighted by Crippen LogP contribution is -2.49. The molecule has 2 aliphatic rings. The van der Waals surface area contributed by atoms with Crippen molar-refractivity contribution in [1.29, 1.82) is 0 Å². The van der Waals surface area contributed by atoms with Crippen LogP contribution in [0.15, 0.2) is 48.5 Å². The Morgan fingerprint density at radius 3 is 2.76 bits per heavy atom. The number of hydrogen-bond donors (Lipinski definition) is 3. The fraction of sp³-hybridized carbons (Fsp3) is 0.458. The fourth-order valence-corrected chi connectivity index (χ4v) is 4.68. The second-order valence-electron chi connectivity index (χ2n) is 8.45. The van der Waals surface area contributed by atoms with Gasteiger partial charge >= 0.3 is 0 Å². The molecule has 154 valence electrons. The average molecular weight is 394 g/mol. The van der Waals surface area contributed by atoms with Gasteiger partial charge in [-0.25, -0.2) is 10.9 Å². The van der Waals surface area contributed by atoms with E-state index in [0.29, 0.717) is 12.3 Å². The maximum atomic E-state index is 13.1. The highest BCUT2D eigenvalue weighted by atomic mass is 16.3. The van der Waals surface area contributed by atoms with E-state index in [1.807, 2.05) is 23.1 Å². The van der Waals surface area contributed by atoms with Crippen molar-refractivity contribution < 1.29 is 9.90 Å². The first-order valence-electron chi connectivity index (χ1n) is 10.7. The van der Waals surface area contributed by atoms with Gasteiger partial charge in [0.25, 0.3) is 0 Å². The van der Waals surface area contributed by atoms with Crippen LogP contribution in [0.2, 0.25) is 0 Å². The zero-order chi connectivity index (χ0) is 20.2. The molecule has 4 rings (SSSR count). The first-order valence-corrected chi connectivity index (χ1v) is 10.7. The van der Waals surface area contributed by atoms with Gasteiger partial charge in [-0.2, -0.15) is 0 Å². The van der Waals surface area contributed by atoms with E-state index in [4.69, 9.17) is 0 Å². The molecule has 0 spiro atoms. The van der Waals surface area contributed by atoms with E-state index in [0.717, 1.165) is 37.9 Å². The molecule has 5 heteroatoms. The molecule has 5 nitrogen and oxygen atoms in total. The number of phenols is 1. The topological polar surface area (TPSA) is 64.6 Å². The number of nitrogens with one attached hydrogen (secondary N) is 2. The molecule has 2 aromatic rings. The highest BCUT2D eigenvalue weighted by Crippen LogP contribution is 2.30. The minimum Gasteiger partial charge on any atom is -0.508 e. The summed E-state index contributed by atoms with van der Waals surface area (Å²) in [5.74, 6) is 1.01. The number of carbonyl (C=O) groups is 1. The first kappa shape index (κ1) is 19.9. The van der Waals surface area contributed by atoms with Crippen molar-refractivity contribution >= 4 is 5.91 Å². The van der Waals surface area contributed by atoms with Crippen molar-refractivity contribution in [2.45, 2.75) is 51.1 Å². The number of piperidine rings is 1. The van der Waals surface area contributed by atoms with Gasteiger partial charge in [0.1, 0.15) is 11.8 Å². The third-order valence-corrected chi connectivity index (χ3v) is 6.43. The van der Waals surface area contributed by atoms with Crippen LogP contribution >= 0.6 is 0 Å². The molecule has 0 radical (unpaired) electrons. The molecule has 2 fully saturated rings. The van der Waals surface area contributed by atoms with Crippen molar-refractivity contribution in [3.05, 3.63) is 65.2 Å². The summed E-state index contributed by atoms with van der Waals surface area (Å²) >= 11 is 0. The SMILES string of the molecule is Cc1ccccc1CCC1CCCN(C(=O)C2CC(c3ccccc3O)NN2)C1. The standard InChI is InChI=1S/C24H31N3O2/c1-17-7-2-3-9-19(17)13-12-18-8-6-14-27(16-18)24(29)22-15-21(25-26-22)20-10-4-5-11-23(20)28/h2-5,7,9-11,18,21-22,25-26,28H,6,8,12-16H2,1H3. The van der Waals surface area contributed by atoms with Crippen molar-refractivity contribution in [2.24, 2.45) is 5.92 Å². The third-order valence-electron chi connectivity index (χ3n) is 6.43. The number of phenolic OH excluding ortho intramolecular Hbond substituents is 1. The molecule has 3 atom stereocenters. The average Bonchev–Trinajstić information content (AvgIpc) is 3.23. The maximum absolute atomic E-state index is 13.1. The van der Waals surface area contributed by atoms with Gasteiger partial charge in [0.15, 0.2) is 0 Å². The van der Waals surface area contributed by atoms with Crippen molar-refractivity contribution in [3.63, 3.8) is 0 Å². The van der Waals surface area contributed by atoms with Gasteiger partial charge < -0.3 is 10.0 Å². The summed E-state index contributed by atoms with van der Waals surface area (Å²) in [5, 5.41) is 10.1. The lowest BCUT2D eigenvalue weighted by atomic mass is 9.90. The molecule has 29 heavy (non-hydrogen) atoms. The van der Waals surface area contributed by atoms with Crippen LogP contribution in [0.25, 0.3) is 0 Å². The minimum atomic E-state index is -0.241. The number of nitrogens with zero attached hydrogens (tertiary/aromatic N) is 1. The molecule has 3 unspecified atom stereocenters. The Kier molecular flexibility index (Phi) is 6.16. The van der Waals surface area contributed by atoms with Crippen molar-refractivity contribution in [3.8, 4) is 5.75 Å². The number of benzene rings is 2. The van der Waals surface area contributed by atoms with Gasteiger partial charge in [0, 0.05) is 18.7 Å². The summed E-state index contributed by atoms with van der Waals surface area (Å²) in [6, 6.07) is 15.6. The molecular formula is C24H31N3O2. The van der Waals surface area contributed by atoms with Crippen molar-refractivity contribution in [2.75, 3.05) is 13.1 Å². The maximum Gasteiger partial charge on any atom is 0.241 e. The Bertz CT molecular complexity index is 854. The van der Waals surface area contributed by atoms with E-state index in [2.05, 4.69) is 42.0 Å². The predicted octanol–water partition coefficient (Wildman–Crippen LogP) is 3.48. The van der Waals surface area contributed by atoms with Gasteiger partial charge in [0.2, 0.25) is 5.91 Å². The predicted molar refractivity (Wildman–Crippen MR) is 114 cm³/mol. The number of hydrogen-bond acceptors (Lipinski definition) is 4. The lowest BCUT2D eigenvalue weighted by Gasteiger charge is -2.34. The number of likely N-dealkylation sites (tertiary alicyclic amines) is 1. The van der Waals surface area contributed by atoms with Crippen LogP contribution in [0.1, 0.15) is 48.4 Å². The first-order chi connectivity index (χ1) is 14.1. The Hall–Kier alpha value is -2.37. The number of aromatic hydroxyl groups is 1. The smallest absolute Gasteiger partial charge is 0.241 e. The van der Waals surface area contributed by atoms with E-state index < -0.39 is 0 Å². The summed E-state index contributed by atoms with van der Waals surface area (Å²) in [6.45, 7) is 3.87. The van der Waals surface area contributed by atoms with Crippen LogP contribution in [0.4, 0.5) is 0 Å². The zero-order valence-electron chi connectivity index (χ0n) is 17.1. The summed E-state index contributed by atoms with van der Waals surface area (Å²) in [4.78, 5) is 15.1. The largest absolute Gasteiger partial charge is 0.508 e. The molecule has 2 aliphatic heterocycles. The van der Waals surface area contributed by atoms with Gasteiger partial charge in [-0.15, -0.1) is 0 Å². The molecule has 2 heterocycles. The summed E-state index contributed by atoms with van der Waals surface area (Å²) in [5.41, 5.74) is 9.96. The molecule has 0 aromatic heterocycles. The molecule has 0 saturated carbocycles. The number of amides is 1. The quantitative estimate of drug-likeness (QED) is 0.728. The third kappa shape index (κ3) is 4.62. The van der Waals surface area contributed by atoms with E-state index in [-0.39, 0.29) is 23.7 Å². The molecule has 3 N–H and O–H groups in total. The molecule has 0 aliphatic carbocycles. The molecule has 1 amide bonds. The fourth-order valence-electron chi connectivity index (χ4n) is 4.68. The monoisotopic (exact) mass is 393 g/mol. The van der Waals surface area contributed by atoms with E-state index >= 15 is 0 Å². The van der Waals surface area contributed by atoms with Crippen LogP contribution in [0.5, 0.6) is 5.75 Å². The summed E-state index contributed by atoms with van der Waals surface area (Å²) in [6.07, 6.45) is 5.14. The molecular weight excluding hydrogens is 362 g/mol. The number of aryl methyl sites for hydroxylation is 2. The van der Waals surface area contributed by atoms with Gasteiger partial charge in [-0.3, -0.25) is 4.79 Å². The number of para-hydroxylation sites is 1. The molecule has 0 bridgehead atoms. The Labute approximate surface area is 173 Å². The van der Waals surface area contributed by atoms with Gasteiger partial charge in [0.05, 0.1) is 6.04 Å². The van der Waals surface area contributed by atoms with E-state index in [9.17, 15) is 9.90 Å². The van der Waals surface area contributed by atoms with Gasteiger partial charge in [-0.05, 0) is 62.1 Å². The van der Waals surface area contributed by atoms with Crippen LogP contribution in [0.3, 0.4) is 0 Å².